The third-order valence-corrected chi connectivity index (χ3v) is 3.58. The summed E-state index contributed by atoms with van der Waals surface area (Å²) in [5.41, 5.74) is 0.216. The van der Waals surface area contributed by atoms with Crippen molar-refractivity contribution in [2.24, 2.45) is 0 Å². The molecule has 0 aromatic carbocycles. The summed E-state index contributed by atoms with van der Waals surface area (Å²) < 4.78 is 3.59. The number of carboxylic acid groups (broad SMARTS) is 1. The molecular weight excluding hydrogens is 276 g/mol. The second-order valence-corrected chi connectivity index (χ2v) is 4.86. The maximum absolute atomic E-state index is 11.7. The van der Waals surface area contributed by atoms with Crippen molar-refractivity contribution in [1.29, 1.82) is 0 Å². The molecule has 0 aliphatic carbocycles. The first-order valence-corrected chi connectivity index (χ1v) is 6.56. The average Bonchev–Trinajstić information content (AvgIpc) is 3.00. The van der Waals surface area contributed by atoms with Crippen molar-refractivity contribution in [1.82, 2.24) is 19.9 Å². The monoisotopic (exact) mass is 284 g/mol. The van der Waals surface area contributed by atoms with Crippen LogP contribution >= 0.6 is 22.9 Å². The smallest absolute Gasteiger partial charge is 0.355 e. The van der Waals surface area contributed by atoms with Crippen LogP contribution in [0.15, 0.2) is 10.8 Å². The quantitative estimate of drug-likeness (QED) is 0.873. The van der Waals surface area contributed by atoms with Crippen molar-refractivity contribution >= 4 is 34.7 Å². The van der Waals surface area contributed by atoms with Crippen LogP contribution in [0.25, 0.3) is 0 Å². The predicted molar refractivity (Wildman–Crippen MR) is 64.9 cm³/mol. The average molecular weight is 284 g/mol. The van der Waals surface area contributed by atoms with Crippen molar-refractivity contribution in [3.05, 3.63) is 27.2 Å². The SMILES string of the molecule is CC(NC(=O)c1csnn1)c1nc(C(=O)O)cs1. The third kappa shape index (κ3) is 2.68. The Labute approximate surface area is 110 Å². The number of nitrogens with one attached hydrogen (secondary N) is 1. The van der Waals surface area contributed by atoms with Gasteiger partial charge in [0.2, 0.25) is 0 Å². The van der Waals surface area contributed by atoms with E-state index in [-0.39, 0.29) is 23.3 Å². The van der Waals surface area contributed by atoms with Crippen molar-refractivity contribution < 1.29 is 14.7 Å². The minimum absolute atomic E-state index is 0.0218. The van der Waals surface area contributed by atoms with Crippen LogP contribution in [-0.4, -0.2) is 31.6 Å². The Morgan fingerprint density at radius 2 is 2.17 bits per heavy atom. The van der Waals surface area contributed by atoms with E-state index in [1.165, 1.54) is 22.1 Å². The molecule has 94 valence electrons. The Hall–Kier alpha value is -1.87. The van der Waals surface area contributed by atoms with Crippen molar-refractivity contribution in [2.75, 3.05) is 0 Å². The predicted octanol–water partition coefficient (Wildman–Crippen LogP) is 1.18. The number of nitrogens with zero attached hydrogens (tertiary/aromatic N) is 3. The third-order valence-electron chi connectivity index (χ3n) is 2.05. The van der Waals surface area contributed by atoms with E-state index in [1.54, 1.807) is 6.92 Å². The largest absolute Gasteiger partial charge is 0.476 e. The zero-order chi connectivity index (χ0) is 13.1. The molecule has 0 aliphatic rings. The van der Waals surface area contributed by atoms with Gasteiger partial charge in [-0.3, -0.25) is 4.79 Å². The fraction of sp³-hybridized carbons (Fsp3) is 0.222. The van der Waals surface area contributed by atoms with Gasteiger partial charge in [0.25, 0.3) is 5.91 Å². The van der Waals surface area contributed by atoms with Gasteiger partial charge in [-0.25, -0.2) is 9.78 Å². The summed E-state index contributed by atoms with van der Waals surface area (Å²) in [6, 6.07) is -0.378. The van der Waals surface area contributed by atoms with E-state index in [2.05, 4.69) is 19.9 Å². The molecule has 2 heterocycles. The molecule has 0 fully saturated rings. The zero-order valence-corrected chi connectivity index (χ0v) is 10.8. The molecule has 0 aliphatic heterocycles. The highest BCUT2D eigenvalue weighted by atomic mass is 32.1. The number of aromatic nitrogens is 3. The highest BCUT2D eigenvalue weighted by Crippen LogP contribution is 2.18. The van der Waals surface area contributed by atoms with E-state index < -0.39 is 5.97 Å². The van der Waals surface area contributed by atoms with Crippen molar-refractivity contribution in [3.8, 4) is 0 Å². The van der Waals surface area contributed by atoms with Crippen LogP contribution in [0.3, 0.4) is 0 Å². The molecule has 2 aromatic heterocycles. The summed E-state index contributed by atoms with van der Waals surface area (Å²) in [5.74, 6) is -1.44. The van der Waals surface area contributed by atoms with Crippen LogP contribution < -0.4 is 5.32 Å². The minimum atomic E-state index is -1.08. The van der Waals surface area contributed by atoms with Crippen LogP contribution in [0.1, 0.15) is 39.0 Å². The molecule has 2 rings (SSSR count). The minimum Gasteiger partial charge on any atom is -0.476 e. The highest BCUT2D eigenvalue weighted by Gasteiger charge is 2.17. The molecule has 0 spiro atoms. The van der Waals surface area contributed by atoms with E-state index in [9.17, 15) is 9.59 Å². The van der Waals surface area contributed by atoms with Gasteiger partial charge in [0.05, 0.1) is 6.04 Å². The van der Waals surface area contributed by atoms with Gasteiger partial charge in [0.1, 0.15) is 5.01 Å². The van der Waals surface area contributed by atoms with E-state index >= 15 is 0 Å². The van der Waals surface area contributed by atoms with Gasteiger partial charge in [-0.1, -0.05) is 4.49 Å². The lowest BCUT2D eigenvalue weighted by Gasteiger charge is -2.09. The maximum atomic E-state index is 11.7. The summed E-state index contributed by atoms with van der Waals surface area (Å²) in [5, 5.41) is 18.6. The number of carbonyl (C=O) groups excluding carboxylic acids is 1. The zero-order valence-electron chi connectivity index (χ0n) is 9.15. The number of hydrogen-bond acceptors (Lipinski definition) is 7. The molecular formula is C9H8N4O3S2. The normalized spacial score (nSPS) is 12.1. The van der Waals surface area contributed by atoms with E-state index in [1.807, 2.05) is 0 Å². The van der Waals surface area contributed by atoms with E-state index in [4.69, 9.17) is 5.11 Å². The van der Waals surface area contributed by atoms with Crippen LogP contribution in [0.5, 0.6) is 0 Å². The maximum Gasteiger partial charge on any atom is 0.355 e. The number of hydrogen-bond donors (Lipinski definition) is 2. The molecule has 0 radical (unpaired) electrons. The van der Waals surface area contributed by atoms with Gasteiger partial charge in [0, 0.05) is 10.8 Å². The Morgan fingerprint density at radius 3 is 2.72 bits per heavy atom. The van der Waals surface area contributed by atoms with Crippen LogP contribution in [0.4, 0.5) is 0 Å². The second kappa shape index (κ2) is 5.19. The number of aromatic carboxylic acids is 1. The summed E-state index contributed by atoms with van der Waals surface area (Å²) >= 11 is 2.27. The topological polar surface area (TPSA) is 105 Å². The van der Waals surface area contributed by atoms with Crippen molar-refractivity contribution in [3.63, 3.8) is 0 Å². The number of carbonyl (C=O) groups is 2. The summed E-state index contributed by atoms with van der Waals surface area (Å²) in [6.07, 6.45) is 0. The molecule has 9 heteroatoms. The Kier molecular flexibility index (Phi) is 3.63. The van der Waals surface area contributed by atoms with Gasteiger partial charge in [-0.2, -0.15) is 0 Å². The Balaban J connectivity index is 2.05. The number of thiazole rings is 1. The lowest BCUT2D eigenvalue weighted by atomic mass is 10.3. The van der Waals surface area contributed by atoms with Crippen LogP contribution in [0, 0.1) is 0 Å². The molecule has 0 bridgehead atoms. The van der Waals surface area contributed by atoms with Gasteiger partial charge in [-0.15, -0.1) is 16.4 Å². The fourth-order valence-electron chi connectivity index (χ4n) is 1.18. The fourth-order valence-corrected chi connectivity index (χ4v) is 2.42. The van der Waals surface area contributed by atoms with Gasteiger partial charge in [0.15, 0.2) is 11.4 Å². The first kappa shape index (κ1) is 12.6. The molecule has 1 atom stereocenters. The molecule has 7 nitrogen and oxygen atoms in total. The highest BCUT2D eigenvalue weighted by molar-refractivity contribution is 7.09. The second-order valence-electron chi connectivity index (χ2n) is 3.36. The number of rotatable bonds is 4. The van der Waals surface area contributed by atoms with E-state index in [0.717, 1.165) is 11.5 Å². The Bertz CT molecular complexity index is 566. The Morgan fingerprint density at radius 1 is 1.39 bits per heavy atom. The molecule has 2 aromatic rings. The first-order valence-electron chi connectivity index (χ1n) is 4.84. The number of carboxylic acids is 1. The van der Waals surface area contributed by atoms with E-state index in [0.29, 0.717) is 5.01 Å². The standard InChI is InChI=1S/C9H8N4O3S2/c1-4(8-11-6(2-17-8)9(15)16)10-7(14)5-3-18-13-12-5/h2-4H,1H3,(H,10,14)(H,15,16). The molecule has 1 unspecified atom stereocenters. The lowest BCUT2D eigenvalue weighted by Crippen LogP contribution is -2.27. The number of amides is 1. The van der Waals surface area contributed by atoms with Gasteiger partial charge >= 0.3 is 5.97 Å². The molecule has 0 saturated heterocycles. The van der Waals surface area contributed by atoms with Crippen molar-refractivity contribution in [2.45, 2.75) is 13.0 Å². The summed E-state index contributed by atoms with van der Waals surface area (Å²) in [7, 11) is 0. The van der Waals surface area contributed by atoms with Crippen LogP contribution in [0.2, 0.25) is 0 Å². The first-order chi connectivity index (χ1) is 8.58. The molecule has 1 amide bonds. The molecule has 2 N–H and O–H groups in total. The van der Waals surface area contributed by atoms with Crippen LogP contribution in [-0.2, 0) is 0 Å². The lowest BCUT2D eigenvalue weighted by molar-refractivity contribution is 0.0691. The molecule has 18 heavy (non-hydrogen) atoms. The van der Waals surface area contributed by atoms with Gasteiger partial charge in [-0.05, 0) is 18.5 Å². The summed E-state index contributed by atoms with van der Waals surface area (Å²) in [6.45, 7) is 1.72. The summed E-state index contributed by atoms with van der Waals surface area (Å²) in [4.78, 5) is 26.3. The molecule has 0 saturated carbocycles. The van der Waals surface area contributed by atoms with Gasteiger partial charge < -0.3 is 10.4 Å².